The molecule has 1 aromatic rings. The van der Waals surface area contributed by atoms with E-state index in [-0.39, 0.29) is 19.1 Å². The number of hydrogen-bond acceptors (Lipinski definition) is 5. The van der Waals surface area contributed by atoms with Crippen LogP contribution in [0.2, 0.25) is 0 Å². The van der Waals surface area contributed by atoms with Crippen LogP contribution in [0.1, 0.15) is 5.56 Å². The van der Waals surface area contributed by atoms with Crippen LogP contribution in [0.4, 0.5) is 4.79 Å². The van der Waals surface area contributed by atoms with Crippen molar-refractivity contribution >= 4 is 15.9 Å². The summed E-state index contributed by atoms with van der Waals surface area (Å²) in [5, 5.41) is -0.587. The largest absolute Gasteiger partial charge is 0.445 e. The van der Waals surface area contributed by atoms with Gasteiger partial charge in [-0.15, -0.1) is 0 Å². The average molecular weight is 312 g/mol. The number of amides is 1. The molecule has 1 aromatic carbocycles. The quantitative estimate of drug-likeness (QED) is 0.861. The molecular formula is C14H20N2O4S. The van der Waals surface area contributed by atoms with Crippen LogP contribution >= 0.6 is 0 Å². The number of sulfone groups is 1. The molecule has 1 heterocycles. The maximum atomic E-state index is 11.8. The van der Waals surface area contributed by atoms with E-state index < -0.39 is 21.2 Å². The Bertz CT molecular complexity index is 582. The SMILES string of the molecule is CS(=O)(=O)C(CN)C1CN(C(=O)OCc2ccccc2)C1. The number of rotatable bonds is 5. The lowest BCUT2D eigenvalue weighted by Crippen LogP contribution is -2.57. The van der Waals surface area contributed by atoms with Crippen molar-refractivity contribution in [3.8, 4) is 0 Å². The Kier molecular flexibility index (Phi) is 4.84. The van der Waals surface area contributed by atoms with Gasteiger partial charge in [0.15, 0.2) is 9.84 Å². The lowest BCUT2D eigenvalue weighted by Gasteiger charge is -2.41. The van der Waals surface area contributed by atoms with Gasteiger partial charge in [-0.25, -0.2) is 13.2 Å². The number of carbonyl (C=O) groups excluding carboxylic acids is 1. The van der Waals surface area contributed by atoms with E-state index in [0.29, 0.717) is 13.1 Å². The lowest BCUT2D eigenvalue weighted by atomic mass is 9.96. The summed E-state index contributed by atoms with van der Waals surface area (Å²) in [7, 11) is -3.18. The standard InChI is InChI=1S/C14H20N2O4S/c1-21(18,19)13(7-15)12-8-16(9-12)14(17)20-10-11-5-3-2-4-6-11/h2-6,12-13H,7-10,15H2,1H3. The predicted octanol–water partition coefficient (Wildman–Crippen LogP) is 0.627. The Labute approximate surface area is 124 Å². The van der Waals surface area contributed by atoms with E-state index in [0.717, 1.165) is 5.56 Å². The Balaban J connectivity index is 1.80. The summed E-state index contributed by atoms with van der Waals surface area (Å²) in [5.74, 6) is -0.103. The summed E-state index contributed by atoms with van der Waals surface area (Å²) in [6.45, 7) is 1.05. The van der Waals surface area contributed by atoms with Crippen LogP contribution in [0, 0.1) is 5.92 Å². The van der Waals surface area contributed by atoms with Crippen LogP contribution < -0.4 is 5.73 Å². The van der Waals surface area contributed by atoms with Gasteiger partial charge in [-0.1, -0.05) is 30.3 Å². The molecule has 116 valence electrons. The van der Waals surface area contributed by atoms with Gasteiger partial charge < -0.3 is 15.4 Å². The van der Waals surface area contributed by atoms with Crippen LogP contribution in [0.5, 0.6) is 0 Å². The first-order chi connectivity index (χ1) is 9.91. The zero-order valence-electron chi connectivity index (χ0n) is 11.9. The van der Waals surface area contributed by atoms with Gasteiger partial charge in [-0.05, 0) is 5.56 Å². The molecule has 0 aliphatic carbocycles. The zero-order valence-corrected chi connectivity index (χ0v) is 12.8. The van der Waals surface area contributed by atoms with E-state index in [1.165, 1.54) is 11.2 Å². The molecule has 0 spiro atoms. The lowest BCUT2D eigenvalue weighted by molar-refractivity contribution is 0.0487. The molecule has 1 atom stereocenters. The molecule has 1 aliphatic heterocycles. The molecule has 0 bridgehead atoms. The van der Waals surface area contributed by atoms with E-state index in [2.05, 4.69) is 0 Å². The van der Waals surface area contributed by atoms with E-state index >= 15 is 0 Å². The van der Waals surface area contributed by atoms with Crippen LogP contribution in [0.15, 0.2) is 30.3 Å². The minimum Gasteiger partial charge on any atom is -0.445 e. The third-order valence-electron chi connectivity index (χ3n) is 3.68. The Hall–Kier alpha value is -1.60. The molecule has 7 heteroatoms. The normalized spacial score (nSPS) is 17.1. The second-order valence-corrected chi connectivity index (χ2v) is 7.57. The van der Waals surface area contributed by atoms with Crippen molar-refractivity contribution in [2.24, 2.45) is 11.7 Å². The maximum absolute atomic E-state index is 11.8. The van der Waals surface area contributed by atoms with Gasteiger partial charge in [0.1, 0.15) is 6.61 Å². The molecule has 21 heavy (non-hydrogen) atoms. The molecule has 1 unspecified atom stereocenters. The molecule has 1 amide bonds. The second-order valence-electron chi connectivity index (χ2n) is 5.31. The minimum absolute atomic E-state index is 0.0798. The Morgan fingerprint density at radius 2 is 2.00 bits per heavy atom. The summed E-state index contributed by atoms with van der Waals surface area (Å²) >= 11 is 0. The summed E-state index contributed by atoms with van der Waals surface area (Å²) in [6, 6.07) is 9.39. The highest BCUT2D eigenvalue weighted by atomic mass is 32.2. The molecule has 0 radical (unpaired) electrons. The number of nitrogens with zero attached hydrogens (tertiary/aromatic N) is 1. The average Bonchev–Trinajstić information content (AvgIpc) is 2.39. The van der Waals surface area contributed by atoms with Crippen molar-refractivity contribution in [2.75, 3.05) is 25.9 Å². The van der Waals surface area contributed by atoms with E-state index in [4.69, 9.17) is 10.5 Å². The number of hydrogen-bond donors (Lipinski definition) is 1. The van der Waals surface area contributed by atoms with Gasteiger partial charge in [0, 0.05) is 31.8 Å². The van der Waals surface area contributed by atoms with Crippen molar-refractivity contribution in [1.29, 1.82) is 0 Å². The number of ether oxygens (including phenoxy) is 1. The van der Waals surface area contributed by atoms with Crippen molar-refractivity contribution in [2.45, 2.75) is 11.9 Å². The first-order valence-corrected chi connectivity index (χ1v) is 8.72. The molecule has 0 saturated carbocycles. The smallest absolute Gasteiger partial charge is 0.410 e. The monoisotopic (exact) mass is 312 g/mol. The van der Waals surface area contributed by atoms with Crippen molar-refractivity contribution in [3.05, 3.63) is 35.9 Å². The van der Waals surface area contributed by atoms with E-state index in [1.54, 1.807) is 0 Å². The van der Waals surface area contributed by atoms with Crippen LogP contribution in [0.25, 0.3) is 0 Å². The third kappa shape index (κ3) is 3.95. The number of nitrogens with two attached hydrogens (primary N) is 1. The summed E-state index contributed by atoms with van der Waals surface area (Å²) < 4.78 is 28.3. The molecule has 0 aromatic heterocycles. The van der Waals surface area contributed by atoms with Gasteiger partial charge >= 0.3 is 6.09 Å². The fourth-order valence-electron chi connectivity index (χ4n) is 2.42. The summed E-state index contributed by atoms with van der Waals surface area (Å²) in [5.41, 5.74) is 6.43. The Morgan fingerprint density at radius 1 is 1.38 bits per heavy atom. The summed E-state index contributed by atoms with van der Waals surface area (Å²) in [4.78, 5) is 13.3. The predicted molar refractivity (Wildman–Crippen MR) is 79.4 cm³/mol. The van der Waals surface area contributed by atoms with Gasteiger partial charge in [-0.3, -0.25) is 0 Å². The van der Waals surface area contributed by atoms with Gasteiger partial charge in [0.25, 0.3) is 0 Å². The minimum atomic E-state index is -3.18. The number of carbonyl (C=O) groups is 1. The third-order valence-corrected chi connectivity index (χ3v) is 5.36. The number of benzene rings is 1. The first-order valence-electron chi connectivity index (χ1n) is 6.76. The molecular weight excluding hydrogens is 292 g/mol. The molecule has 2 rings (SSSR count). The van der Waals surface area contributed by atoms with Gasteiger partial charge in [0.05, 0.1) is 5.25 Å². The fraction of sp³-hybridized carbons (Fsp3) is 0.500. The Morgan fingerprint density at radius 3 is 2.52 bits per heavy atom. The molecule has 1 saturated heterocycles. The molecule has 2 N–H and O–H groups in total. The van der Waals surface area contributed by atoms with Crippen molar-refractivity contribution in [1.82, 2.24) is 4.90 Å². The van der Waals surface area contributed by atoms with Crippen molar-refractivity contribution < 1.29 is 17.9 Å². The molecule has 6 nitrogen and oxygen atoms in total. The van der Waals surface area contributed by atoms with Crippen LogP contribution in [-0.4, -0.2) is 50.6 Å². The molecule has 1 aliphatic rings. The molecule has 1 fully saturated rings. The van der Waals surface area contributed by atoms with Crippen molar-refractivity contribution in [3.63, 3.8) is 0 Å². The van der Waals surface area contributed by atoms with Crippen LogP contribution in [0.3, 0.4) is 0 Å². The van der Waals surface area contributed by atoms with E-state index in [1.807, 2.05) is 30.3 Å². The highest BCUT2D eigenvalue weighted by Gasteiger charge is 2.40. The second kappa shape index (κ2) is 6.44. The fourth-order valence-corrected chi connectivity index (χ4v) is 3.65. The highest BCUT2D eigenvalue weighted by Crippen LogP contribution is 2.24. The van der Waals surface area contributed by atoms with Gasteiger partial charge in [-0.2, -0.15) is 0 Å². The maximum Gasteiger partial charge on any atom is 0.410 e. The highest BCUT2D eigenvalue weighted by molar-refractivity contribution is 7.91. The van der Waals surface area contributed by atoms with Crippen LogP contribution in [-0.2, 0) is 21.2 Å². The zero-order chi connectivity index (χ0) is 15.5. The van der Waals surface area contributed by atoms with Gasteiger partial charge in [0.2, 0.25) is 0 Å². The first kappa shape index (κ1) is 15.8. The summed E-state index contributed by atoms with van der Waals surface area (Å²) in [6.07, 6.45) is 0.764. The number of likely N-dealkylation sites (tertiary alicyclic amines) is 1. The van der Waals surface area contributed by atoms with E-state index in [9.17, 15) is 13.2 Å². The topological polar surface area (TPSA) is 89.7 Å².